The van der Waals surface area contributed by atoms with Crippen molar-refractivity contribution in [1.82, 2.24) is 10.3 Å². The maximum Gasteiger partial charge on any atom is 0.121 e. The number of fused-ring (bicyclic) bond motifs is 1. The van der Waals surface area contributed by atoms with E-state index in [1.165, 1.54) is 10.9 Å². The smallest absolute Gasteiger partial charge is 0.121 e. The third-order valence-electron chi connectivity index (χ3n) is 2.91. The SMILES string of the molecule is CNCCc1cc(C)c2ccc(OC)cc2n1. The van der Waals surface area contributed by atoms with E-state index in [1.807, 2.05) is 19.2 Å². The Kier molecular flexibility index (Phi) is 3.59. The summed E-state index contributed by atoms with van der Waals surface area (Å²) in [4.78, 5) is 4.66. The lowest BCUT2D eigenvalue weighted by Crippen LogP contribution is -2.11. The number of methoxy groups -OCH3 is 1. The van der Waals surface area contributed by atoms with Gasteiger partial charge in [-0.05, 0) is 37.7 Å². The fourth-order valence-corrected chi connectivity index (χ4v) is 1.96. The Morgan fingerprint density at radius 2 is 2.12 bits per heavy atom. The van der Waals surface area contributed by atoms with Crippen LogP contribution in [0.3, 0.4) is 0 Å². The molecule has 0 aliphatic carbocycles. The van der Waals surface area contributed by atoms with Crippen LogP contribution in [0.2, 0.25) is 0 Å². The summed E-state index contributed by atoms with van der Waals surface area (Å²) in [6, 6.07) is 8.19. The highest BCUT2D eigenvalue weighted by Gasteiger charge is 2.04. The lowest BCUT2D eigenvalue weighted by Gasteiger charge is -2.08. The van der Waals surface area contributed by atoms with E-state index in [-0.39, 0.29) is 0 Å². The predicted octanol–water partition coefficient (Wildman–Crippen LogP) is 2.31. The van der Waals surface area contributed by atoms with Crippen molar-refractivity contribution in [3.63, 3.8) is 0 Å². The number of nitrogens with zero attached hydrogens (tertiary/aromatic N) is 1. The number of hydrogen-bond donors (Lipinski definition) is 1. The van der Waals surface area contributed by atoms with E-state index in [2.05, 4.69) is 29.4 Å². The molecule has 0 aliphatic heterocycles. The number of nitrogens with one attached hydrogen (secondary N) is 1. The van der Waals surface area contributed by atoms with Crippen LogP contribution in [-0.4, -0.2) is 25.7 Å². The van der Waals surface area contributed by atoms with E-state index in [0.717, 1.165) is 29.9 Å². The van der Waals surface area contributed by atoms with E-state index in [1.54, 1.807) is 7.11 Å². The van der Waals surface area contributed by atoms with Crippen LogP contribution in [0.4, 0.5) is 0 Å². The van der Waals surface area contributed by atoms with Gasteiger partial charge in [0.15, 0.2) is 0 Å². The average Bonchev–Trinajstić information content (AvgIpc) is 2.35. The normalized spacial score (nSPS) is 10.8. The van der Waals surface area contributed by atoms with E-state index in [4.69, 9.17) is 4.74 Å². The summed E-state index contributed by atoms with van der Waals surface area (Å²) >= 11 is 0. The maximum atomic E-state index is 5.23. The second kappa shape index (κ2) is 5.15. The topological polar surface area (TPSA) is 34.1 Å². The molecular weight excluding hydrogens is 212 g/mol. The third-order valence-corrected chi connectivity index (χ3v) is 2.91. The Balaban J connectivity index is 2.46. The molecule has 1 N–H and O–H groups in total. The molecule has 0 spiro atoms. The average molecular weight is 230 g/mol. The molecule has 0 aliphatic rings. The van der Waals surface area contributed by atoms with Gasteiger partial charge in [-0.1, -0.05) is 0 Å². The quantitative estimate of drug-likeness (QED) is 0.875. The third kappa shape index (κ3) is 2.56. The second-order valence-corrected chi connectivity index (χ2v) is 4.17. The van der Waals surface area contributed by atoms with Crippen molar-refractivity contribution in [3.05, 3.63) is 35.5 Å². The fraction of sp³-hybridized carbons (Fsp3) is 0.357. The molecule has 3 nitrogen and oxygen atoms in total. The number of rotatable bonds is 4. The molecule has 1 aromatic heterocycles. The first-order valence-corrected chi connectivity index (χ1v) is 5.83. The van der Waals surface area contributed by atoms with Crippen molar-refractivity contribution in [1.29, 1.82) is 0 Å². The Hall–Kier alpha value is -1.61. The van der Waals surface area contributed by atoms with Crippen LogP contribution in [0.15, 0.2) is 24.3 Å². The largest absolute Gasteiger partial charge is 0.497 e. The van der Waals surface area contributed by atoms with Crippen LogP contribution in [0.1, 0.15) is 11.3 Å². The minimum absolute atomic E-state index is 0.857. The van der Waals surface area contributed by atoms with Gasteiger partial charge in [-0.25, -0.2) is 0 Å². The monoisotopic (exact) mass is 230 g/mol. The molecule has 0 radical (unpaired) electrons. The van der Waals surface area contributed by atoms with E-state index in [0.29, 0.717) is 0 Å². The molecule has 0 atom stereocenters. The number of aromatic nitrogens is 1. The number of pyridine rings is 1. The molecule has 2 aromatic rings. The molecule has 2 rings (SSSR count). The van der Waals surface area contributed by atoms with Gasteiger partial charge in [0.2, 0.25) is 0 Å². The van der Waals surface area contributed by atoms with Crippen molar-refractivity contribution < 1.29 is 4.74 Å². The van der Waals surface area contributed by atoms with Crippen LogP contribution in [-0.2, 0) is 6.42 Å². The fourth-order valence-electron chi connectivity index (χ4n) is 1.96. The highest BCUT2D eigenvalue weighted by molar-refractivity contribution is 5.83. The Morgan fingerprint density at radius 1 is 1.29 bits per heavy atom. The molecule has 90 valence electrons. The Labute approximate surface area is 102 Å². The number of benzene rings is 1. The molecule has 0 amide bonds. The first kappa shape index (κ1) is 11.9. The van der Waals surface area contributed by atoms with Gasteiger partial charge in [0.25, 0.3) is 0 Å². The van der Waals surface area contributed by atoms with Gasteiger partial charge in [-0.2, -0.15) is 0 Å². The summed E-state index contributed by atoms with van der Waals surface area (Å²) in [7, 11) is 3.63. The minimum Gasteiger partial charge on any atom is -0.497 e. The van der Waals surface area contributed by atoms with Gasteiger partial charge >= 0.3 is 0 Å². The van der Waals surface area contributed by atoms with Crippen LogP contribution >= 0.6 is 0 Å². The van der Waals surface area contributed by atoms with Crippen LogP contribution in [0.25, 0.3) is 10.9 Å². The van der Waals surface area contributed by atoms with Crippen molar-refractivity contribution >= 4 is 10.9 Å². The molecule has 0 unspecified atom stereocenters. The molecule has 0 saturated carbocycles. The Bertz CT molecular complexity index is 523. The zero-order valence-electron chi connectivity index (χ0n) is 10.6. The van der Waals surface area contributed by atoms with Crippen LogP contribution in [0.5, 0.6) is 5.75 Å². The van der Waals surface area contributed by atoms with Crippen molar-refractivity contribution in [3.8, 4) is 5.75 Å². The molecule has 0 fully saturated rings. The van der Waals surface area contributed by atoms with Crippen molar-refractivity contribution in [2.75, 3.05) is 20.7 Å². The van der Waals surface area contributed by atoms with Gasteiger partial charge in [0.05, 0.1) is 12.6 Å². The molecule has 3 heteroatoms. The highest BCUT2D eigenvalue weighted by Crippen LogP contribution is 2.22. The lowest BCUT2D eigenvalue weighted by atomic mass is 10.1. The van der Waals surface area contributed by atoms with Crippen LogP contribution < -0.4 is 10.1 Å². The summed E-state index contributed by atoms with van der Waals surface area (Å²) in [5, 5.41) is 4.34. The molecule has 1 aromatic carbocycles. The standard InChI is InChI=1S/C14H18N2O/c1-10-8-11(6-7-15-2)16-14-9-12(17-3)4-5-13(10)14/h4-5,8-9,15H,6-7H2,1-3H3. The van der Waals surface area contributed by atoms with E-state index < -0.39 is 0 Å². The highest BCUT2D eigenvalue weighted by atomic mass is 16.5. The molecule has 1 heterocycles. The van der Waals surface area contributed by atoms with Crippen molar-refractivity contribution in [2.24, 2.45) is 0 Å². The van der Waals surface area contributed by atoms with Gasteiger partial charge < -0.3 is 10.1 Å². The number of hydrogen-bond acceptors (Lipinski definition) is 3. The first-order chi connectivity index (χ1) is 8.24. The first-order valence-electron chi connectivity index (χ1n) is 5.83. The number of ether oxygens (including phenoxy) is 1. The Morgan fingerprint density at radius 3 is 2.82 bits per heavy atom. The van der Waals surface area contributed by atoms with Gasteiger partial charge in [-0.15, -0.1) is 0 Å². The summed E-state index contributed by atoms with van der Waals surface area (Å²) in [5.41, 5.74) is 3.40. The summed E-state index contributed by atoms with van der Waals surface area (Å²) in [6.07, 6.45) is 0.949. The molecule has 17 heavy (non-hydrogen) atoms. The summed E-state index contributed by atoms with van der Waals surface area (Å²) in [5.74, 6) is 0.857. The predicted molar refractivity (Wildman–Crippen MR) is 70.7 cm³/mol. The number of likely N-dealkylation sites (N-methyl/N-ethyl adjacent to an activating group) is 1. The molecule has 0 bridgehead atoms. The van der Waals surface area contributed by atoms with Crippen molar-refractivity contribution in [2.45, 2.75) is 13.3 Å². The minimum atomic E-state index is 0.857. The van der Waals surface area contributed by atoms with E-state index >= 15 is 0 Å². The van der Waals surface area contributed by atoms with Gasteiger partial charge in [0, 0.05) is 30.1 Å². The summed E-state index contributed by atoms with van der Waals surface area (Å²) < 4.78 is 5.23. The van der Waals surface area contributed by atoms with Gasteiger partial charge in [0.1, 0.15) is 5.75 Å². The molecule has 0 saturated heterocycles. The zero-order chi connectivity index (χ0) is 12.3. The molecular formula is C14H18N2O. The second-order valence-electron chi connectivity index (χ2n) is 4.17. The van der Waals surface area contributed by atoms with E-state index in [9.17, 15) is 0 Å². The number of aryl methyl sites for hydroxylation is 1. The summed E-state index contributed by atoms with van der Waals surface area (Å²) in [6.45, 7) is 3.07. The van der Waals surface area contributed by atoms with Gasteiger partial charge in [-0.3, -0.25) is 4.98 Å². The zero-order valence-corrected chi connectivity index (χ0v) is 10.6. The maximum absolute atomic E-state index is 5.23. The lowest BCUT2D eigenvalue weighted by molar-refractivity contribution is 0.415. The van der Waals surface area contributed by atoms with Crippen LogP contribution in [0, 0.1) is 6.92 Å².